The van der Waals surface area contributed by atoms with Crippen LogP contribution in [-0.4, -0.2) is 36.5 Å². The van der Waals surface area contributed by atoms with E-state index in [2.05, 4.69) is 67.7 Å². The summed E-state index contributed by atoms with van der Waals surface area (Å²) in [5.41, 5.74) is 0. The second-order valence-corrected chi connectivity index (χ2v) is 24.4. The van der Waals surface area contributed by atoms with Crippen molar-refractivity contribution in [1.29, 1.82) is 0 Å². The van der Waals surface area contributed by atoms with Crippen LogP contribution in [0.1, 0.15) is 41.5 Å². The molecule has 3 heteroatoms. The first-order chi connectivity index (χ1) is 7.21. The zero-order valence-corrected chi connectivity index (χ0v) is 17.5. The quantitative estimate of drug-likeness (QED) is 0.587. The molecule has 0 aliphatic carbocycles. The van der Waals surface area contributed by atoms with E-state index in [1.54, 1.807) is 8.35 Å². The van der Waals surface area contributed by atoms with Crippen molar-refractivity contribution in [2.45, 2.75) is 86.2 Å². The maximum absolute atomic E-state index is 2.60. The van der Waals surface area contributed by atoms with E-state index in [1.807, 2.05) is 0 Å². The number of hydrogen-bond acceptors (Lipinski definition) is 0. The van der Waals surface area contributed by atoms with Gasteiger partial charge in [0.1, 0.15) is 0 Å². The Bertz CT molecular complexity index is 218. The zero-order valence-electron chi connectivity index (χ0n) is 14.1. The monoisotopic (exact) mass is 282 g/mol. The largest absolute Gasteiger partial charge is 0.358 e. The Morgan fingerprint density at radius 1 is 0.647 bits per heavy atom. The molecule has 100 valence electrons. The molecule has 0 saturated heterocycles. The first-order valence-electron chi connectivity index (χ1n) is 7.21. The van der Waals surface area contributed by atoms with Gasteiger partial charge in [0.15, 0.2) is 0 Å². The summed E-state index contributed by atoms with van der Waals surface area (Å²) in [6.45, 7) is 25.2. The lowest BCUT2D eigenvalue weighted by molar-refractivity contribution is 0.719. The van der Waals surface area contributed by atoms with Gasteiger partial charge in [-0.1, -0.05) is 67.7 Å². The lowest BCUT2D eigenvalue weighted by Crippen LogP contribution is -2.42. The molecular formula is C14H34MgSi2. The van der Waals surface area contributed by atoms with Crippen LogP contribution in [0.2, 0.25) is 44.6 Å². The summed E-state index contributed by atoms with van der Waals surface area (Å²) in [7, 11) is -1.96. The molecule has 0 saturated carbocycles. The minimum atomic E-state index is -0.980. The van der Waals surface area contributed by atoms with Gasteiger partial charge in [0.05, 0.1) is 0 Å². The standard InChI is InChI=1S/2C7H17Si.Mg/c2*1-7(2,3)8(4,5)6;/h2*4H2,1-3,5-6H3;. The number of hydrogen-bond donors (Lipinski definition) is 0. The molecule has 0 rings (SSSR count). The molecule has 0 aromatic heterocycles. The maximum Gasteiger partial charge on any atom is 0.358 e. The van der Waals surface area contributed by atoms with Crippen LogP contribution in [0.15, 0.2) is 0 Å². The van der Waals surface area contributed by atoms with Crippen molar-refractivity contribution in [3.63, 3.8) is 0 Å². The SMILES string of the molecule is CC(C)(C)[Si](C)(C)[CH2][Mg][CH2][Si](C)(C)C(C)(C)C. The molecule has 0 nitrogen and oxygen atoms in total. The lowest BCUT2D eigenvalue weighted by atomic mass is 10.2. The van der Waals surface area contributed by atoms with E-state index in [1.165, 1.54) is 0 Å². The van der Waals surface area contributed by atoms with Crippen LogP contribution < -0.4 is 0 Å². The van der Waals surface area contributed by atoms with Gasteiger partial charge < -0.3 is 0 Å². The Morgan fingerprint density at radius 3 is 1.06 bits per heavy atom. The van der Waals surface area contributed by atoms with E-state index in [-0.39, 0.29) is 20.4 Å². The fraction of sp³-hybridized carbons (Fsp3) is 1.00. The van der Waals surface area contributed by atoms with Crippen molar-refractivity contribution < 1.29 is 0 Å². The van der Waals surface area contributed by atoms with Crippen LogP contribution in [0, 0.1) is 0 Å². The van der Waals surface area contributed by atoms with Crippen molar-refractivity contribution in [3.8, 4) is 0 Å². The molecule has 0 aromatic rings. The van der Waals surface area contributed by atoms with Crippen molar-refractivity contribution in [1.82, 2.24) is 0 Å². The molecule has 0 amide bonds. The van der Waals surface area contributed by atoms with Crippen molar-refractivity contribution >= 4 is 36.5 Å². The minimum Gasteiger partial charge on any atom is -0.150 e. The molecule has 0 atom stereocenters. The van der Waals surface area contributed by atoms with Crippen molar-refractivity contribution in [3.05, 3.63) is 0 Å². The second kappa shape index (κ2) is 5.68. The minimum absolute atomic E-state index is 0.167. The smallest absolute Gasteiger partial charge is 0.150 e. The molecule has 0 aliphatic rings. The summed E-state index contributed by atoms with van der Waals surface area (Å²) in [4.78, 5) is 0. The summed E-state index contributed by atoms with van der Waals surface area (Å²) in [5.74, 6) is 0. The third-order valence-electron chi connectivity index (χ3n) is 5.66. The second-order valence-electron chi connectivity index (χ2n) is 9.12. The van der Waals surface area contributed by atoms with Crippen molar-refractivity contribution in [2.24, 2.45) is 0 Å². The molecule has 17 heavy (non-hydrogen) atoms. The highest BCUT2D eigenvalue weighted by Crippen LogP contribution is 2.41. The predicted molar refractivity (Wildman–Crippen MR) is 89.8 cm³/mol. The summed E-state index contributed by atoms with van der Waals surface area (Å²) in [6.07, 6.45) is 0. The van der Waals surface area contributed by atoms with Gasteiger partial charge in [0.2, 0.25) is 0 Å². The molecule has 0 aliphatic heterocycles. The van der Waals surface area contributed by atoms with Gasteiger partial charge in [-0.2, -0.15) is 0 Å². The fourth-order valence-corrected chi connectivity index (χ4v) is 17.1. The Morgan fingerprint density at radius 2 is 0.882 bits per heavy atom. The Balaban J connectivity index is 4.36. The zero-order chi connectivity index (χ0) is 14.1. The summed E-state index contributed by atoms with van der Waals surface area (Å²) >= 11 is 0.167. The third-order valence-corrected chi connectivity index (χ3v) is 26.6. The molecule has 0 heterocycles. The fourth-order valence-electron chi connectivity index (χ4n) is 1.72. The van der Waals surface area contributed by atoms with Crippen LogP contribution in [-0.2, 0) is 0 Å². The molecule has 0 unspecified atom stereocenters. The topological polar surface area (TPSA) is 0 Å². The average molecular weight is 283 g/mol. The molecule has 0 radical (unpaired) electrons. The third kappa shape index (κ3) is 5.37. The van der Waals surface area contributed by atoms with E-state index < -0.39 is 16.1 Å². The van der Waals surface area contributed by atoms with Gasteiger partial charge in [0, 0.05) is 16.1 Å². The normalized spacial score (nSPS) is 14.7. The maximum atomic E-state index is 2.60. The van der Waals surface area contributed by atoms with Crippen LogP contribution in [0.5, 0.6) is 0 Å². The van der Waals surface area contributed by atoms with Gasteiger partial charge in [0.25, 0.3) is 0 Å². The Labute approximate surface area is 122 Å². The van der Waals surface area contributed by atoms with E-state index in [0.29, 0.717) is 10.1 Å². The molecule has 0 fully saturated rings. The van der Waals surface area contributed by atoms with E-state index in [9.17, 15) is 0 Å². The first-order valence-corrected chi connectivity index (χ1v) is 15.6. The van der Waals surface area contributed by atoms with E-state index in [4.69, 9.17) is 0 Å². The molecule has 0 aromatic carbocycles. The first kappa shape index (κ1) is 18.2. The number of rotatable bonds is 4. The average Bonchev–Trinajstić information content (AvgIpc) is 1.98. The molecular weight excluding hydrogens is 249 g/mol. The highest BCUT2D eigenvalue weighted by atomic mass is 28.3. The van der Waals surface area contributed by atoms with Gasteiger partial charge in [-0.15, -0.1) is 8.35 Å². The molecule has 0 bridgehead atoms. The van der Waals surface area contributed by atoms with E-state index >= 15 is 0 Å². The molecule has 0 spiro atoms. The van der Waals surface area contributed by atoms with Gasteiger partial charge in [-0.25, -0.2) is 0 Å². The van der Waals surface area contributed by atoms with Crippen LogP contribution in [0.4, 0.5) is 0 Å². The van der Waals surface area contributed by atoms with Gasteiger partial charge in [-0.3, -0.25) is 0 Å². The van der Waals surface area contributed by atoms with Crippen LogP contribution >= 0.6 is 0 Å². The summed E-state index contributed by atoms with van der Waals surface area (Å²) in [6, 6.07) is 0. The Kier molecular flexibility index (Phi) is 6.08. The summed E-state index contributed by atoms with van der Waals surface area (Å²) < 4.78 is 3.28. The predicted octanol–water partition coefficient (Wildman–Crippen LogP) is 5.62. The Hall–Kier alpha value is 1.20. The molecule has 0 N–H and O–H groups in total. The van der Waals surface area contributed by atoms with Gasteiger partial charge >= 0.3 is 20.4 Å². The van der Waals surface area contributed by atoms with Gasteiger partial charge in [-0.05, 0) is 10.1 Å². The van der Waals surface area contributed by atoms with E-state index in [0.717, 1.165) is 0 Å². The van der Waals surface area contributed by atoms with Crippen LogP contribution in [0.3, 0.4) is 0 Å². The summed E-state index contributed by atoms with van der Waals surface area (Å²) in [5, 5.41) is 1.18. The van der Waals surface area contributed by atoms with Crippen molar-refractivity contribution in [2.75, 3.05) is 0 Å². The van der Waals surface area contributed by atoms with Crippen LogP contribution in [0.25, 0.3) is 0 Å². The lowest BCUT2D eigenvalue weighted by Gasteiger charge is -2.40. The highest BCUT2D eigenvalue weighted by molar-refractivity contribution is 6.92. The highest BCUT2D eigenvalue weighted by Gasteiger charge is 2.37.